The van der Waals surface area contributed by atoms with Crippen LogP contribution in [0.3, 0.4) is 0 Å². The number of pyridine rings is 1. The molecule has 1 aliphatic rings. The maximum atomic E-state index is 12.3. The first kappa shape index (κ1) is 12.8. The summed E-state index contributed by atoms with van der Waals surface area (Å²) >= 11 is 0. The average Bonchev–Trinajstić information content (AvgIpc) is 2.88. The minimum Gasteiger partial charge on any atom is -0.397 e. The fourth-order valence-corrected chi connectivity index (χ4v) is 2.14. The van der Waals surface area contributed by atoms with E-state index in [-0.39, 0.29) is 5.91 Å². The number of anilines is 1. The van der Waals surface area contributed by atoms with Crippen molar-refractivity contribution < 1.29 is 9.53 Å². The van der Waals surface area contributed by atoms with Crippen LogP contribution < -0.4 is 5.73 Å². The number of hydrogen-bond acceptors (Lipinski definition) is 4. The Morgan fingerprint density at radius 2 is 2.50 bits per heavy atom. The van der Waals surface area contributed by atoms with E-state index in [1.54, 1.807) is 23.2 Å². The standard InChI is InChI=1S/C13H19N3O2/c1-2-16(8-10-5-7-18-9-10)13(17)12-11(14)4-3-6-15-12/h3-4,6,10H,2,5,7-9,14H2,1H3. The highest BCUT2D eigenvalue weighted by molar-refractivity contribution is 5.97. The average molecular weight is 249 g/mol. The molecule has 1 saturated heterocycles. The molecule has 5 heteroatoms. The monoisotopic (exact) mass is 249 g/mol. The third kappa shape index (κ3) is 2.79. The van der Waals surface area contributed by atoms with E-state index >= 15 is 0 Å². The first-order valence-electron chi connectivity index (χ1n) is 6.30. The zero-order valence-corrected chi connectivity index (χ0v) is 10.6. The van der Waals surface area contributed by atoms with E-state index in [2.05, 4.69) is 4.98 Å². The van der Waals surface area contributed by atoms with E-state index in [0.29, 0.717) is 30.4 Å². The van der Waals surface area contributed by atoms with Crippen LogP contribution in [0.5, 0.6) is 0 Å². The van der Waals surface area contributed by atoms with Gasteiger partial charge in [0, 0.05) is 31.8 Å². The summed E-state index contributed by atoms with van der Waals surface area (Å²) in [5.41, 5.74) is 6.57. The molecule has 0 spiro atoms. The summed E-state index contributed by atoms with van der Waals surface area (Å²) in [7, 11) is 0. The third-order valence-electron chi connectivity index (χ3n) is 3.21. The lowest BCUT2D eigenvalue weighted by Gasteiger charge is -2.23. The molecule has 1 atom stereocenters. The van der Waals surface area contributed by atoms with Gasteiger partial charge in [0.1, 0.15) is 0 Å². The molecule has 2 N–H and O–H groups in total. The molecule has 0 radical (unpaired) electrons. The van der Waals surface area contributed by atoms with Crippen molar-refractivity contribution >= 4 is 11.6 Å². The number of carbonyl (C=O) groups is 1. The van der Waals surface area contributed by atoms with Gasteiger partial charge in [-0.05, 0) is 25.5 Å². The van der Waals surface area contributed by atoms with Gasteiger partial charge in [0.2, 0.25) is 0 Å². The Bertz CT molecular complexity index is 416. The van der Waals surface area contributed by atoms with Crippen LogP contribution >= 0.6 is 0 Å². The highest BCUT2D eigenvalue weighted by atomic mass is 16.5. The molecular formula is C13H19N3O2. The van der Waals surface area contributed by atoms with Crippen LogP contribution in [-0.2, 0) is 4.74 Å². The van der Waals surface area contributed by atoms with Crippen LogP contribution in [0.25, 0.3) is 0 Å². The molecule has 1 aromatic heterocycles. The lowest BCUT2D eigenvalue weighted by atomic mass is 10.1. The molecule has 1 fully saturated rings. The molecule has 0 aliphatic carbocycles. The lowest BCUT2D eigenvalue weighted by Crippen LogP contribution is -2.36. The van der Waals surface area contributed by atoms with E-state index in [1.807, 2.05) is 6.92 Å². The number of nitrogens with zero attached hydrogens (tertiary/aromatic N) is 2. The SMILES string of the molecule is CCN(CC1CCOC1)C(=O)c1ncccc1N. The molecule has 98 valence electrons. The Balaban J connectivity index is 2.07. The Hall–Kier alpha value is -1.62. The number of carbonyl (C=O) groups excluding carboxylic acids is 1. The van der Waals surface area contributed by atoms with E-state index in [1.165, 1.54) is 0 Å². The second-order valence-electron chi connectivity index (χ2n) is 4.51. The number of nitrogens with two attached hydrogens (primary N) is 1. The zero-order valence-electron chi connectivity index (χ0n) is 10.6. The highest BCUT2D eigenvalue weighted by Crippen LogP contribution is 2.16. The zero-order chi connectivity index (χ0) is 13.0. The largest absolute Gasteiger partial charge is 0.397 e. The van der Waals surface area contributed by atoms with Crippen molar-refractivity contribution in [3.63, 3.8) is 0 Å². The molecule has 0 saturated carbocycles. The summed E-state index contributed by atoms with van der Waals surface area (Å²) < 4.78 is 5.33. The summed E-state index contributed by atoms with van der Waals surface area (Å²) in [6.07, 6.45) is 2.61. The van der Waals surface area contributed by atoms with Gasteiger partial charge < -0.3 is 15.4 Å². The smallest absolute Gasteiger partial charge is 0.274 e. The van der Waals surface area contributed by atoms with Crippen LogP contribution in [0.4, 0.5) is 5.69 Å². The molecular weight excluding hydrogens is 230 g/mol. The van der Waals surface area contributed by atoms with Gasteiger partial charge in [-0.3, -0.25) is 4.79 Å². The molecule has 2 heterocycles. The van der Waals surface area contributed by atoms with E-state index < -0.39 is 0 Å². The first-order valence-corrected chi connectivity index (χ1v) is 6.30. The van der Waals surface area contributed by atoms with Gasteiger partial charge in [0.15, 0.2) is 5.69 Å². The minimum atomic E-state index is -0.0949. The summed E-state index contributed by atoms with van der Waals surface area (Å²) in [6.45, 7) is 4.87. The fraction of sp³-hybridized carbons (Fsp3) is 0.538. The molecule has 1 amide bonds. The van der Waals surface area contributed by atoms with Gasteiger partial charge in [-0.15, -0.1) is 0 Å². The van der Waals surface area contributed by atoms with Crippen molar-refractivity contribution in [3.8, 4) is 0 Å². The summed E-state index contributed by atoms with van der Waals surface area (Å²) in [5.74, 6) is 0.335. The summed E-state index contributed by atoms with van der Waals surface area (Å²) in [4.78, 5) is 18.2. The third-order valence-corrected chi connectivity index (χ3v) is 3.21. The molecule has 0 aromatic carbocycles. The Morgan fingerprint density at radius 3 is 3.11 bits per heavy atom. The fourth-order valence-electron chi connectivity index (χ4n) is 2.14. The van der Waals surface area contributed by atoms with Gasteiger partial charge in [-0.2, -0.15) is 0 Å². The van der Waals surface area contributed by atoms with E-state index in [4.69, 9.17) is 10.5 Å². The van der Waals surface area contributed by atoms with Gasteiger partial charge >= 0.3 is 0 Å². The molecule has 1 aliphatic heterocycles. The normalized spacial score (nSPS) is 18.8. The maximum Gasteiger partial charge on any atom is 0.274 e. The molecule has 1 unspecified atom stereocenters. The molecule has 1 aromatic rings. The van der Waals surface area contributed by atoms with Crippen molar-refractivity contribution in [2.24, 2.45) is 5.92 Å². The molecule has 18 heavy (non-hydrogen) atoms. The molecule has 0 bridgehead atoms. The van der Waals surface area contributed by atoms with Gasteiger partial charge in [-0.25, -0.2) is 4.98 Å². The van der Waals surface area contributed by atoms with Gasteiger partial charge in [0.25, 0.3) is 5.91 Å². The van der Waals surface area contributed by atoms with Crippen molar-refractivity contribution in [1.82, 2.24) is 9.88 Å². The van der Waals surface area contributed by atoms with E-state index in [9.17, 15) is 4.79 Å². The Labute approximate surface area is 107 Å². The van der Waals surface area contributed by atoms with Crippen molar-refractivity contribution in [2.45, 2.75) is 13.3 Å². The van der Waals surface area contributed by atoms with Crippen LogP contribution in [0, 0.1) is 5.92 Å². The molecule has 5 nitrogen and oxygen atoms in total. The topological polar surface area (TPSA) is 68.5 Å². The second-order valence-corrected chi connectivity index (χ2v) is 4.51. The van der Waals surface area contributed by atoms with Gasteiger partial charge in [-0.1, -0.05) is 0 Å². The predicted octanol–water partition coefficient (Wildman–Crippen LogP) is 1.16. The lowest BCUT2D eigenvalue weighted by molar-refractivity contribution is 0.0726. The minimum absolute atomic E-state index is 0.0949. The summed E-state index contributed by atoms with van der Waals surface area (Å²) in [6, 6.07) is 3.43. The number of nitrogen functional groups attached to an aromatic ring is 1. The second kappa shape index (κ2) is 5.82. The van der Waals surface area contributed by atoms with E-state index in [0.717, 1.165) is 19.6 Å². The number of amides is 1. The predicted molar refractivity (Wildman–Crippen MR) is 69.2 cm³/mol. The molecule has 2 rings (SSSR count). The van der Waals surface area contributed by atoms with Gasteiger partial charge in [0.05, 0.1) is 12.3 Å². The van der Waals surface area contributed by atoms with Crippen LogP contribution in [0.15, 0.2) is 18.3 Å². The number of aromatic nitrogens is 1. The Kier molecular flexibility index (Phi) is 4.15. The maximum absolute atomic E-state index is 12.3. The quantitative estimate of drug-likeness (QED) is 0.869. The number of ether oxygens (including phenoxy) is 1. The number of hydrogen-bond donors (Lipinski definition) is 1. The van der Waals surface area contributed by atoms with Crippen molar-refractivity contribution in [3.05, 3.63) is 24.0 Å². The van der Waals surface area contributed by atoms with Crippen LogP contribution in [0.1, 0.15) is 23.8 Å². The van der Waals surface area contributed by atoms with Crippen LogP contribution in [0.2, 0.25) is 0 Å². The Morgan fingerprint density at radius 1 is 1.67 bits per heavy atom. The highest BCUT2D eigenvalue weighted by Gasteiger charge is 2.23. The van der Waals surface area contributed by atoms with Crippen molar-refractivity contribution in [1.29, 1.82) is 0 Å². The summed E-state index contributed by atoms with van der Waals surface area (Å²) in [5, 5.41) is 0. The first-order chi connectivity index (χ1) is 8.72. The van der Waals surface area contributed by atoms with Crippen LogP contribution in [-0.4, -0.2) is 42.1 Å². The van der Waals surface area contributed by atoms with Crippen molar-refractivity contribution in [2.75, 3.05) is 32.0 Å². The number of rotatable bonds is 4.